The number of fused-ring (bicyclic) bond motifs is 7. The number of rotatable bonds is 1. The molecule has 9 atom stereocenters. The molecular formula is C30H50O. The standard InChI is InChI=1S/C30H50O/c1-19(2)20-10-13-24-28(20,6)16-17-29(7)21-11-12-23-26(3,4)14-9-15-27(23,5)22(21)18-25(31)30(24,29)8/h18-21,23-25,31H,9-17H2,1-8H3/t20-,21+,23+,24-,25+,27-,28-,29-,30-/m1/s1. The Kier molecular flexibility index (Phi) is 4.82. The van der Waals surface area contributed by atoms with E-state index in [1.54, 1.807) is 5.57 Å². The van der Waals surface area contributed by atoms with Gasteiger partial charge >= 0.3 is 0 Å². The first kappa shape index (κ1) is 22.5. The molecule has 0 bridgehead atoms. The van der Waals surface area contributed by atoms with Gasteiger partial charge in [0.15, 0.2) is 0 Å². The summed E-state index contributed by atoms with van der Waals surface area (Å²) < 4.78 is 0. The molecule has 5 aliphatic carbocycles. The van der Waals surface area contributed by atoms with Gasteiger partial charge in [-0.05, 0) is 103 Å². The van der Waals surface area contributed by atoms with Gasteiger partial charge in [0.1, 0.15) is 0 Å². The fourth-order valence-corrected chi connectivity index (χ4v) is 11.4. The van der Waals surface area contributed by atoms with Gasteiger partial charge in [0.05, 0.1) is 6.10 Å². The second kappa shape index (κ2) is 6.64. The summed E-state index contributed by atoms with van der Waals surface area (Å²) in [5.74, 6) is 3.70. The molecule has 0 aromatic heterocycles. The summed E-state index contributed by atoms with van der Waals surface area (Å²) in [4.78, 5) is 0. The minimum absolute atomic E-state index is 0.0190. The predicted molar refractivity (Wildman–Crippen MR) is 131 cm³/mol. The number of allylic oxidation sites excluding steroid dienone is 1. The first-order chi connectivity index (χ1) is 14.3. The van der Waals surface area contributed by atoms with E-state index in [1.165, 1.54) is 57.8 Å². The van der Waals surface area contributed by atoms with Crippen LogP contribution in [0.25, 0.3) is 0 Å². The molecule has 0 aliphatic heterocycles. The van der Waals surface area contributed by atoms with Gasteiger partial charge in [-0.15, -0.1) is 0 Å². The van der Waals surface area contributed by atoms with Crippen molar-refractivity contribution in [3.8, 4) is 0 Å². The Labute approximate surface area is 192 Å². The van der Waals surface area contributed by atoms with Crippen LogP contribution in [0.15, 0.2) is 11.6 Å². The average Bonchev–Trinajstić information content (AvgIpc) is 3.03. The van der Waals surface area contributed by atoms with E-state index >= 15 is 0 Å². The molecule has 1 nitrogen and oxygen atoms in total. The molecule has 0 saturated heterocycles. The fraction of sp³-hybridized carbons (Fsp3) is 0.933. The van der Waals surface area contributed by atoms with Crippen molar-refractivity contribution in [1.29, 1.82) is 0 Å². The van der Waals surface area contributed by atoms with Crippen LogP contribution in [-0.4, -0.2) is 11.2 Å². The van der Waals surface area contributed by atoms with Crippen LogP contribution in [-0.2, 0) is 0 Å². The average molecular weight is 427 g/mol. The molecule has 0 radical (unpaired) electrons. The van der Waals surface area contributed by atoms with E-state index in [0.717, 1.165) is 17.8 Å². The van der Waals surface area contributed by atoms with Gasteiger partial charge < -0.3 is 5.11 Å². The Morgan fingerprint density at radius 1 is 0.839 bits per heavy atom. The van der Waals surface area contributed by atoms with Crippen molar-refractivity contribution in [2.24, 2.45) is 56.7 Å². The number of aliphatic hydroxyl groups is 1. The van der Waals surface area contributed by atoms with E-state index in [9.17, 15) is 5.11 Å². The van der Waals surface area contributed by atoms with Crippen LogP contribution in [0.4, 0.5) is 0 Å². The van der Waals surface area contributed by atoms with E-state index in [0.29, 0.717) is 28.1 Å². The Morgan fingerprint density at radius 3 is 2.19 bits per heavy atom. The molecule has 176 valence electrons. The van der Waals surface area contributed by atoms with Crippen molar-refractivity contribution in [3.05, 3.63) is 11.6 Å². The van der Waals surface area contributed by atoms with E-state index in [2.05, 4.69) is 61.5 Å². The zero-order valence-corrected chi connectivity index (χ0v) is 21.9. The molecule has 0 aromatic rings. The van der Waals surface area contributed by atoms with E-state index in [4.69, 9.17) is 0 Å². The Hall–Kier alpha value is -0.300. The second-order valence-electron chi connectivity index (χ2n) is 14.7. The van der Waals surface area contributed by atoms with Gasteiger partial charge in [0.25, 0.3) is 0 Å². The quantitative estimate of drug-likeness (QED) is 0.421. The molecule has 0 aromatic carbocycles. The highest BCUT2D eigenvalue weighted by molar-refractivity contribution is 5.35. The lowest BCUT2D eigenvalue weighted by Gasteiger charge is -2.70. The van der Waals surface area contributed by atoms with Gasteiger partial charge in [-0.25, -0.2) is 0 Å². The Morgan fingerprint density at radius 2 is 1.52 bits per heavy atom. The third kappa shape index (κ3) is 2.60. The molecule has 5 rings (SSSR count). The molecule has 0 heterocycles. The summed E-state index contributed by atoms with van der Waals surface area (Å²) >= 11 is 0. The molecule has 31 heavy (non-hydrogen) atoms. The van der Waals surface area contributed by atoms with Gasteiger partial charge in [0, 0.05) is 5.41 Å². The minimum Gasteiger partial charge on any atom is -0.388 e. The zero-order chi connectivity index (χ0) is 22.6. The lowest BCUT2D eigenvalue weighted by atomic mass is 9.35. The van der Waals surface area contributed by atoms with Crippen LogP contribution < -0.4 is 0 Å². The molecule has 0 amide bonds. The van der Waals surface area contributed by atoms with Crippen LogP contribution in [0.1, 0.15) is 113 Å². The largest absolute Gasteiger partial charge is 0.388 e. The lowest BCUT2D eigenvalue weighted by molar-refractivity contribution is -0.196. The summed E-state index contributed by atoms with van der Waals surface area (Å²) in [6, 6.07) is 0. The van der Waals surface area contributed by atoms with Gasteiger partial charge in [-0.3, -0.25) is 0 Å². The highest BCUT2D eigenvalue weighted by Gasteiger charge is 2.70. The maximum Gasteiger partial charge on any atom is 0.0785 e. The van der Waals surface area contributed by atoms with Crippen molar-refractivity contribution in [3.63, 3.8) is 0 Å². The molecule has 1 heteroatoms. The van der Waals surface area contributed by atoms with Crippen molar-refractivity contribution < 1.29 is 5.11 Å². The molecule has 4 fully saturated rings. The molecule has 0 spiro atoms. The monoisotopic (exact) mass is 426 g/mol. The van der Waals surface area contributed by atoms with Crippen molar-refractivity contribution in [2.45, 2.75) is 119 Å². The van der Waals surface area contributed by atoms with E-state index < -0.39 is 0 Å². The Bertz CT molecular complexity index is 777. The summed E-state index contributed by atoms with van der Waals surface area (Å²) in [6.07, 6.45) is 14.4. The first-order valence-electron chi connectivity index (χ1n) is 13.7. The van der Waals surface area contributed by atoms with Crippen LogP contribution in [0.5, 0.6) is 0 Å². The molecule has 1 N–H and O–H groups in total. The number of hydrogen-bond acceptors (Lipinski definition) is 1. The Balaban J connectivity index is 1.60. The maximum absolute atomic E-state index is 12.0. The van der Waals surface area contributed by atoms with Crippen LogP contribution in [0.3, 0.4) is 0 Å². The lowest BCUT2D eigenvalue weighted by Crippen LogP contribution is -2.65. The molecule has 4 saturated carbocycles. The molecular weight excluding hydrogens is 376 g/mol. The van der Waals surface area contributed by atoms with Crippen molar-refractivity contribution in [1.82, 2.24) is 0 Å². The second-order valence-corrected chi connectivity index (χ2v) is 14.7. The molecule has 5 aliphatic rings. The zero-order valence-electron chi connectivity index (χ0n) is 21.9. The van der Waals surface area contributed by atoms with Crippen LogP contribution in [0, 0.1) is 56.7 Å². The number of hydrogen-bond donors (Lipinski definition) is 1. The topological polar surface area (TPSA) is 20.2 Å². The van der Waals surface area contributed by atoms with Crippen molar-refractivity contribution in [2.75, 3.05) is 0 Å². The molecule has 0 unspecified atom stereocenters. The van der Waals surface area contributed by atoms with E-state index in [-0.39, 0.29) is 16.9 Å². The third-order valence-corrected chi connectivity index (χ3v) is 13.1. The summed E-state index contributed by atoms with van der Waals surface area (Å²) in [5.41, 5.74) is 3.08. The predicted octanol–water partition coefficient (Wildman–Crippen LogP) is 8.02. The third-order valence-electron chi connectivity index (χ3n) is 13.1. The summed E-state index contributed by atoms with van der Waals surface area (Å²) in [6.45, 7) is 20.3. The smallest absolute Gasteiger partial charge is 0.0785 e. The maximum atomic E-state index is 12.0. The van der Waals surface area contributed by atoms with Gasteiger partial charge in [-0.1, -0.05) is 73.5 Å². The van der Waals surface area contributed by atoms with Gasteiger partial charge in [0.2, 0.25) is 0 Å². The SMILES string of the molecule is CC(C)[C@H]1CC[C@@H]2[C@]1(C)CC[C@]1(C)[C@H]3CC[C@H]4C(C)(C)CCC[C@]4(C)C3=C[C@H](O)[C@@]21C. The summed E-state index contributed by atoms with van der Waals surface area (Å²) in [5, 5.41) is 12.0. The van der Waals surface area contributed by atoms with Crippen LogP contribution >= 0.6 is 0 Å². The normalized spacial score (nSPS) is 55.7. The van der Waals surface area contributed by atoms with Crippen molar-refractivity contribution >= 4 is 0 Å². The highest BCUT2D eigenvalue weighted by Crippen LogP contribution is 2.76. The summed E-state index contributed by atoms with van der Waals surface area (Å²) in [7, 11) is 0. The van der Waals surface area contributed by atoms with Gasteiger partial charge in [-0.2, -0.15) is 0 Å². The van der Waals surface area contributed by atoms with Crippen LogP contribution in [0.2, 0.25) is 0 Å². The minimum atomic E-state index is -0.278. The fourth-order valence-electron chi connectivity index (χ4n) is 11.4. The first-order valence-corrected chi connectivity index (χ1v) is 13.7. The number of aliphatic hydroxyl groups excluding tert-OH is 1. The highest BCUT2D eigenvalue weighted by atomic mass is 16.3. The van der Waals surface area contributed by atoms with E-state index in [1.807, 2.05) is 0 Å².